The molecule has 6 nitrogen and oxygen atoms in total. The third-order valence-electron chi connectivity index (χ3n) is 2.47. The number of aryl methyl sites for hydroxylation is 1. The molecule has 1 aromatic carbocycles. The number of rotatable bonds is 5. The van der Waals surface area contributed by atoms with Crippen LogP contribution < -0.4 is 4.72 Å². The standard InChI is InChI=1S/C11H12Br2N4O2S/c1-17-7-14-11(16-17)4-5-15-20(18,19)10-3-2-8(12)6-9(10)13/h2-3,6-7,15H,4-5H2,1H3. The molecule has 0 aliphatic heterocycles. The second kappa shape index (κ2) is 6.33. The Bertz CT molecular complexity index is 715. The molecule has 0 radical (unpaired) electrons. The summed E-state index contributed by atoms with van der Waals surface area (Å²) in [4.78, 5) is 4.24. The molecule has 0 saturated heterocycles. The van der Waals surface area contributed by atoms with Crippen LogP contribution in [0.4, 0.5) is 0 Å². The van der Waals surface area contributed by atoms with Gasteiger partial charge in [0.15, 0.2) is 5.82 Å². The molecule has 1 aromatic heterocycles. The van der Waals surface area contributed by atoms with Gasteiger partial charge in [0.2, 0.25) is 10.0 Å². The van der Waals surface area contributed by atoms with Crippen LogP contribution in [0.25, 0.3) is 0 Å². The molecule has 0 spiro atoms. The first-order valence-corrected chi connectivity index (χ1v) is 8.74. The quantitative estimate of drug-likeness (QED) is 0.796. The van der Waals surface area contributed by atoms with Crippen molar-refractivity contribution in [2.75, 3.05) is 6.54 Å². The van der Waals surface area contributed by atoms with Crippen molar-refractivity contribution >= 4 is 41.9 Å². The zero-order valence-corrected chi connectivity index (χ0v) is 14.5. The molecular formula is C11H12Br2N4O2S. The van der Waals surface area contributed by atoms with Crippen molar-refractivity contribution in [1.82, 2.24) is 19.5 Å². The third-order valence-corrected chi connectivity index (χ3v) is 5.40. The van der Waals surface area contributed by atoms with Crippen LogP contribution in [0.2, 0.25) is 0 Å². The fourth-order valence-electron chi connectivity index (χ4n) is 1.57. The van der Waals surface area contributed by atoms with Gasteiger partial charge in [0.05, 0.1) is 4.90 Å². The van der Waals surface area contributed by atoms with Gasteiger partial charge in [0.1, 0.15) is 6.33 Å². The van der Waals surface area contributed by atoms with Crippen LogP contribution in [0, 0.1) is 0 Å². The Kier molecular flexibility index (Phi) is 4.95. The first kappa shape index (κ1) is 15.6. The third kappa shape index (κ3) is 3.87. The van der Waals surface area contributed by atoms with Gasteiger partial charge in [0.25, 0.3) is 0 Å². The largest absolute Gasteiger partial charge is 0.256 e. The smallest absolute Gasteiger partial charge is 0.241 e. The Morgan fingerprint density at radius 3 is 2.70 bits per heavy atom. The molecule has 9 heteroatoms. The van der Waals surface area contributed by atoms with Crippen molar-refractivity contribution in [3.8, 4) is 0 Å². The number of hydrogen-bond acceptors (Lipinski definition) is 4. The topological polar surface area (TPSA) is 76.9 Å². The van der Waals surface area contributed by atoms with E-state index in [0.29, 0.717) is 16.7 Å². The molecule has 0 fully saturated rings. The van der Waals surface area contributed by atoms with Crippen molar-refractivity contribution in [3.63, 3.8) is 0 Å². The normalized spacial score (nSPS) is 11.8. The Hall–Kier alpha value is -0.770. The summed E-state index contributed by atoms with van der Waals surface area (Å²) in [5, 5.41) is 4.09. The molecular weight excluding hydrogens is 412 g/mol. The maximum atomic E-state index is 12.2. The number of aromatic nitrogens is 3. The summed E-state index contributed by atoms with van der Waals surface area (Å²) in [6, 6.07) is 4.91. The van der Waals surface area contributed by atoms with Crippen LogP contribution in [-0.2, 0) is 23.5 Å². The minimum Gasteiger partial charge on any atom is -0.256 e. The predicted molar refractivity (Wildman–Crippen MR) is 81.7 cm³/mol. The van der Waals surface area contributed by atoms with E-state index in [-0.39, 0.29) is 11.4 Å². The fraction of sp³-hybridized carbons (Fsp3) is 0.273. The summed E-state index contributed by atoms with van der Waals surface area (Å²) in [5.41, 5.74) is 0. The molecule has 0 unspecified atom stereocenters. The SMILES string of the molecule is Cn1cnc(CCNS(=O)(=O)c2ccc(Br)cc2Br)n1. The molecule has 108 valence electrons. The lowest BCUT2D eigenvalue weighted by molar-refractivity contribution is 0.580. The average molecular weight is 424 g/mol. The van der Waals surface area contributed by atoms with E-state index in [2.05, 4.69) is 46.7 Å². The zero-order valence-electron chi connectivity index (χ0n) is 10.5. The Morgan fingerprint density at radius 1 is 1.35 bits per heavy atom. The molecule has 0 atom stereocenters. The van der Waals surface area contributed by atoms with Gasteiger partial charge in [-0.25, -0.2) is 18.1 Å². The van der Waals surface area contributed by atoms with Crippen LogP contribution in [0.15, 0.2) is 38.4 Å². The summed E-state index contributed by atoms with van der Waals surface area (Å²) in [6.07, 6.45) is 2.02. The van der Waals surface area contributed by atoms with E-state index < -0.39 is 10.0 Å². The Balaban J connectivity index is 2.04. The summed E-state index contributed by atoms with van der Waals surface area (Å²) in [7, 11) is -1.79. The number of nitrogens with one attached hydrogen (secondary N) is 1. The Morgan fingerprint density at radius 2 is 2.10 bits per heavy atom. The van der Waals surface area contributed by atoms with Crippen LogP contribution in [0.3, 0.4) is 0 Å². The fourth-order valence-corrected chi connectivity index (χ4v) is 4.34. The molecule has 2 rings (SSSR count). The van der Waals surface area contributed by atoms with E-state index in [1.807, 2.05) is 0 Å². The van der Waals surface area contributed by atoms with Gasteiger partial charge in [0, 0.05) is 29.0 Å². The van der Waals surface area contributed by atoms with E-state index in [1.165, 1.54) is 6.07 Å². The molecule has 20 heavy (non-hydrogen) atoms. The highest BCUT2D eigenvalue weighted by atomic mass is 79.9. The minimum atomic E-state index is -3.55. The van der Waals surface area contributed by atoms with E-state index in [9.17, 15) is 8.42 Å². The van der Waals surface area contributed by atoms with E-state index in [0.717, 1.165) is 4.47 Å². The van der Waals surface area contributed by atoms with E-state index >= 15 is 0 Å². The van der Waals surface area contributed by atoms with Crippen LogP contribution >= 0.6 is 31.9 Å². The Labute approximate surface area is 133 Å². The predicted octanol–water partition coefficient (Wildman–Crippen LogP) is 1.86. The van der Waals surface area contributed by atoms with Crippen molar-refractivity contribution in [2.24, 2.45) is 7.05 Å². The number of nitrogens with zero attached hydrogens (tertiary/aromatic N) is 3. The lowest BCUT2D eigenvalue weighted by atomic mass is 10.4. The molecule has 1 N–H and O–H groups in total. The summed E-state index contributed by atoms with van der Waals surface area (Å²) >= 11 is 6.53. The van der Waals surface area contributed by atoms with Gasteiger partial charge in [-0.05, 0) is 34.1 Å². The minimum absolute atomic E-state index is 0.203. The first-order valence-electron chi connectivity index (χ1n) is 5.68. The van der Waals surface area contributed by atoms with Crippen LogP contribution in [0.1, 0.15) is 5.82 Å². The molecule has 0 saturated carbocycles. The lowest BCUT2D eigenvalue weighted by Gasteiger charge is -2.08. The van der Waals surface area contributed by atoms with Gasteiger partial charge < -0.3 is 0 Å². The molecule has 0 amide bonds. The van der Waals surface area contributed by atoms with E-state index in [1.54, 1.807) is 30.2 Å². The van der Waals surface area contributed by atoms with Gasteiger partial charge in [-0.15, -0.1) is 0 Å². The van der Waals surface area contributed by atoms with Gasteiger partial charge in [-0.2, -0.15) is 5.10 Å². The van der Waals surface area contributed by atoms with Crippen molar-refractivity contribution in [1.29, 1.82) is 0 Å². The van der Waals surface area contributed by atoms with Gasteiger partial charge in [-0.1, -0.05) is 15.9 Å². The summed E-state index contributed by atoms with van der Waals surface area (Å²) in [5.74, 6) is 0.602. The molecule has 0 aliphatic rings. The maximum Gasteiger partial charge on any atom is 0.241 e. The zero-order chi connectivity index (χ0) is 14.8. The average Bonchev–Trinajstić information content (AvgIpc) is 2.74. The number of halogens is 2. The van der Waals surface area contributed by atoms with Gasteiger partial charge >= 0.3 is 0 Å². The second-order valence-electron chi connectivity index (χ2n) is 4.06. The molecule has 0 bridgehead atoms. The number of benzene rings is 1. The highest BCUT2D eigenvalue weighted by Crippen LogP contribution is 2.25. The monoisotopic (exact) mass is 422 g/mol. The second-order valence-corrected chi connectivity index (χ2v) is 7.56. The highest BCUT2D eigenvalue weighted by Gasteiger charge is 2.17. The highest BCUT2D eigenvalue weighted by molar-refractivity contribution is 9.11. The maximum absolute atomic E-state index is 12.2. The van der Waals surface area contributed by atoms with Crippen molar-refractivity contribution < 1.29 is 8.42 Å². The van der Waals surface area contributed by atoms with Crippen LogP contribution in [-0.4, -0.2) is 29.7 Å². The lowest BCUT2D eigenvalue weighted by Crippen LogP contribution is -2.26. The number of sulfonamides is 1. The van der Waals surface area contributed by atoms with Crippen molar-refractivity contribution in [3.05, 3.63) is 39.3 Å². The molecule has 2 aromatic rings. The first-order chi connectivity index (χ1) is 9.38. The molecule has 0 aliphatic carbocycles. The number of hydrogen-bond donors (Lipinski definition) is 1. The van der Waals surface area contributed by atoms with Gasteiger partial charge in [-0.3, -0.25) is 4.68 Å². The summed E-state index contributed by atoms with van der Waals surface area (Å²) < 4.78 is 29.7. The summed E-state index contributed by atoms with van der Waals surface area (Å²) in [6.45, 7) is 0.245. The van der Waals surface area contributed by atoms with Crippen LogP contribution in [0.5, 0.6) is 0 Å². The molecule has 1 heterocycles. The van der Waals surface area contributed by atoms with Crippen molar-refractivity contribution in [2.45, 2.75) is 11.3 Å². The van der Waals surface area contributed by atoms with E-state index in [4.69, 9.17) is 0 Å².